The zero-order chi connectivity index (χ0) is 24.1. The van der Waals surface area contributed by atoms with Crippen molar-refractivity contribution in [3.05, 3.63) is 81.0 Å². The van der Waals surface area contributed by atoms with Gasteiger partial charge in [0.1, 0.15) is 35.9 Å². The maximum atomic E-state index is 13.0. The number of rotatable bonds is 9. The first-order valence-electron chi connectivity index (χ1n) is 10.8. The van der Waals surface area contributed by atoms with Crippen LogP contribution < -0.4 is 19.8 Å². The summed E-state index contributed by atoms with van der Waals surface area (Å²) in [6.45, 7) is 6.81. The molecule has 0 unspecified atom stereocenters. The van der Waals surface area contributed by atoms with Crippen molar-refractivity contribution in [1.82, 2.24) is 9.66 Å². The van der Waals surface area contributed by atoms with Gasteiger partial charge in [-0.1, -0.05) is 0 Å². The second kappa shape index (κ2) is 10.5. The molecule has 7 nitrogen and oxygen atoms in total. The van der Waals surface area contributed by atoms with E-state index in [2.05, 4.69) is 10.1 Å². The maximum absolute atomic E-state index is 13.0. The van der Waals surface area contributed by atoms with Gasteiger partial charge in [0.2, 0.25) is 0 Å². The fourth-order valence-corrected chi connectivity index (χ4v) is 4.26. The minimum atomic E-state index is -0.313. The third-order valence-electron chi connectivity index (χ3n) is 5.10. The van der Waals surface area contributed by atoms with Gasteiger partial charge >= 0.3 is 0 Å². The van der Waals surface area contributed by atoms with Gasteiger partial charge in [0.15, 0.2) is 11.5 Å². The molecule has 0 amide bonds. The number of hydrogen-bond donors (Lipinski definition) is 0. The topological polar surface area (TPSA) is 74.9 Å². The third-order valence-corrected chi connectivity index (χ3v) is 6.21. The van der Waals surface area contributed by atoms with E-state index in [0.717, 1.165) is 20.8 Å². The standard InChI is InChI=1S/C25H24FN3O4S/c1-4-31-22-13-18(5-10-21(22)33-12-11-32-20-8-6-19(26)7-9-20)14-28-29-15-27-24-23(25(29)30)16(2)17(3)34-24/h5-10,13-15H,4,11-12H2,1-3H3/b28-14+. The Morgan fingerprint density at radius 2 is 1.82 bits per heavy atom. The highest BCUT2D eigenvalue weighted by Crippen LogP contribution is 2.28. The Bertz CT molecular complexity index is 1380. The number of fused-ring (bicyclic) bond motifs is 1. The summed E-state index contributed by atoms with van der Waals surface area (Å²) in [4.78, 5) is 19.0. The molecule has 4 rings (SSSR count). The van der Waals surface area contributed by atoms with E-state index in [1.807, 2.05) is 26.8 Å². The van der Waals surface area contributed by atoms with Crippen molar-refractivity contribution >= 4 is 27.8 Å². The second-order valence-electron chi connectivity index (χ2n) is 7.39. The first-order valence-corrected chi connectivity index (χ1v) is 11.6. The lowest BCUT2D eigenvalue weighted by atomic mass is 10.2. The van der Waals surface area contributed by atoms with Gasteiger partial charge < -0.3 is 14.2 Å². The summed E-state index contributed by atoms with van der Waals surface area (Å²) in [5, 5.41) is 4.90. The van der Waals surface area contributed by atoms with Crippen molar-refractivity contribution < 1.29 is 18.6 Å². The fraction of sp³-hybridized carbons (Fsp3) is 0.240. The van der Waals surface area contributed by atoms with Crippen LogP contribution in [0.1, 0.15) is 22.9 Å². The highest BCUT2D eigenvalue weighted by atomic mass is 32.1. The summed E-state index contributed by atoms with van der Waals surface area (Å²) in [6.07, 6.45) is 3.01. The first-order chi connectivity index (χ1) is 16.5. The summed E-state index contributed by atoms with van der Waals surface area (Å²) in [6, 6.07) is 11.2. The molecule has 0 bridgehead atoms. The zero-order valence-electron chi connectivity index (χ0n) is 19.1. The van der Waals surface area contributed by atoms with Crippen molar-refractivity contribution in [3.8, 4) is 17.2 Å². The highest BCUT2D eigenvalue weighted by Gasteiger charge is 2.12. The zero-order valence-corrected chi connectivity index (χ0v) is 19.9. The Balaban J connectivity index is 1.45. The summed E-state index contributed by atoms with van der Waals surface area (Å²) in [7, 11) is 0. The second-order valence-corrected chi connectivity index (χ2v) is 8.60. The maximum Gasteiger partial charge on any atom is 0.282 e. The Morgan fingerprint density at radius 3 is 2.59 bits per heavy atom. The van der Waals surface area contributed by atoms with Crippen molar-refractivity contribution in [2.75, 3.05) is 19.8 Å². The molecule has 0 aliphatic carbocycles. The van der Waals surface area contributed by atoms with Crippen molar-refractivity contribution in [1.29, 1.82) is 0 Å². The van der Waals surface area contributed by atoms with Gasteiger partial charge in [0.25, 0.3) is 5.56 Å². The van der Waals surface area contributed by atoms with Crippen LogP contribution in [0.3, 0.4) is 0 Å². The van der Waals surface area contributed by atoms with E-state index in [9.17, 15) is 9.18 Å². The summed E-state index contributed by atoms with van der Waals surface area (Å²) >= 11 is 1.50. The number of benzene rings is 2. The van der Waals surface area contributed by atoms with E-state index in [0.29, 0.717) is 35.8 Å². The minimum absolute atomic E-state index is 0.200. The quantitative estimate of drug-likeness (QED) is 0.250. The lowest BCUT2D eigenvalue weighted by Crippen LogP contribution is -2.17. The predicted molar refractivity (Wildman–Crippen MR) is 131 cm³/mol. The molecule has 0 fully saturated rings. The van der Waals surface area contributed by atoms with Crippen LogP contribution in [0, 0.1) is 19.7 Å². The highest BCUT2D eigenvalue weighted by molar-refractivity contribution is 7.18. The molecular weight excluding hydrogens is 457 g/mol. The van der Waals surface area contributed by atoms with Crippen molar-refractivity contribution in [2.45, 2.75) is 20.8 Å². The molecule has 0 atom stereocenters. The van der Waals surface area contributed by atoms with E-state index < -0.39 is 0 Å². The SMILES string of the molecule is CCOc1cc(/C=N/n2cnc3sc(C)c(C)c3c2=O)ccc1OCCOc1ccc(F)cc1. The predicted octanol–water partition coefficient (Wildman–Crippen LogP) is 4.95. The Kier molecular flexibility index (Phi) is 7.22. The molecule has 176 valence electrons. The third kappa shape index (κ3) is 5.26. The first kappa shape index (κ1) is 23.4. The molecule has 0 radical (unpaired) electrons. The number of nitrogens with zero attached hydrogens (tertiary/aromatic N) is 3. The van der Waals surface area contributed by atoms with Gasteiger partial charge in [-0.2, -0.15) is 9.78 Å². The lowest BCUT2D eigenvalue weighted by molar-refractivity contribution is 0.208. The summed E-state index contributed by atoms with van der Waals surface area (Å²) < 4.78 is 31.3. The van der Waals surface area contributed by atoms with Gasteiger partial charge in [-0.15, -0.1) is 11.3 Å². The van der Waals surface area contributed by atoms with Crippen LogP contribution in [0.25, 0.3) is 10.2 Å². The van der Waals surface area contributed by atoms with Crippen molar-refractivity contribution in [3.63, 3.8) is 0 Å². The Labute approximate surface area is 200 Å². The normalized spacial score (nSPS) is 11.3. The van der Waals surface area contributed by atoms with E-state index in [4.69, 9.17) is 14.2 Å². The molecule has 0 saturated carbocycles. The number of ether oxygens (including phenoxy) is 3. The average Bonchev–Trinajstić information content (AvgIpc) is 3.12. The van der Waals surface area contributed by atoms with Crippen molar-refractivity contribution in [2.24, 2.45) is 5.10 Å². The van der Waals surface area contributed by atoms with E-state index in [-0.39, 0.29) is 18.0 Å². The van der Waals surface area contributed by atoms with Gasteiger partial charge in [0.05, 0.1) is 18.2 Å². The molecule has 0 spiro atoms. The Hall–Kier alpha value is -3.72. The van der Waals surface area contributed by atoms with Crippen LogP contribution in [-0.2, 0) is 0 Å². The van der Waals surface area contributed by atoms with E-state index in [1.165, 1.54) is 34.5 Å². The van der Waals surface area contributed by atoms with Crippen LogP contribution in [0.2, 0.25) is 0 Å². The van der Waals surface area contributed by atoms with Crippen LogP contribution in [0.5, 0.6) is 17.2 Å². The summed E-state index contributed by atoms with van der Waals surface area (Å²) in [5.74, 6) is 1.37. The summed E-state index contributed by atoms with van der Waals surface area (Å²) in [5.41, 5.74) is 1.48. The van der Waals surface area contributed by atoms with Crippen LogP contribution >= 0.6 is 11.3 Å². The van der Waals surface area contributed by atoms with Gasteiger partial charge in [0, 0.05) is 4.88 Å². The molecule has 0 aliphatic heterocycles. The largest absolute Gasteiger partial charge is 0.490 e. The smallest absolute Gasteiger partial charge is 0.282 e. The molecule has 2 aromatic heterocycles. The molecule has 4 aromatic rings. The number of hydrogen-bond acceptors (Lipinski definition) is 7. The van der Waals surface area contributed by atoms with Gasteiger partial charge in [-0.05, 0) is 74.4 Å². The van der Waals surface area contributed by atoms with Gasteiger partial charge in [-0.3, -0.25) is 4.79 Å². The minimum Gasteiger partial charge on any atom is -0.490 e. The molecule has 0 saturated heterocycles. The number of thiophene rings is 1. The molecule has 0 N–H and O–H groups in total. The van der Waals surface area contributed by atoms with Crippen LogP contribution in [0.15, 0.2) is 58.7 Å². The van der Waals surface area contributed by atoms with E-state index >= 15 is 0 Å². The van der Waals surface area contributed by atoms with E-state index in [1.54, 1.807) is 30.5 Å². The van der Waals surface area contributed by atoms with Gasteiger partial charge in [-0.25, -0.2) is 9.37 Å². The molecule has 0 aliphatic rings. The monoisotopic (exact) mass is 481 g/mol. The number of aryl methyl sites for hydroxylation is 2. The van der Waals surface area contributed by atoms with Crippen LogP contribution in [-0.4, -0.2) is 35.7 Å². The number of aromatic nitrogens is 2. The fourth-order valence-electron chi connectivity index (χ4n) is 3.27. The molecular formula is C25H24FN3O4S. The average molecular weight is 482 g/mol. The number of halogens is 1. The van der Waals surface area contributed by atoms with Crippen LogP contribution in [0.4, 0.5) is 4.39 Å². The Morgan fingerprint density at radius 1 is 1.06 bits per heavy atom. The molecule has 2 aromatic carbocycles. The molecule has 9 heteroatoms. The lowest BCUT2D eigenvalue weighted by Gasteiger charge is -2.13. The molecule has 2 heterocycles. The molecule has 34 heavy (non-hydrogen) atoms.